The predicted molar refractivity (Wildman–Crippen MR) is 76.2 cm³/mol. The first-order valence-electron chi connectivity index (χ1n) is 6.77. The fraction of sp³-hybridized carbons (Fsp3) is 0.615. The maximum Gasteiger partial charge on any atom is 0.328 e. The SMILES string of the molecule is CCOC(=O)C1CCCCN1C(=O)Cc1csc(N)n1. The molecule has 20 heavy (non-hydrogen) atoms. The van der Waals surface area contributed by atoms with Crippen LogP contribution in [-0.2, 0) is 20.7 Å². The number of piperidine rings is 1. The highest BCUT2D eigenvalue weighted by Gasteiger charge is 2.33. The van der Waals surface area contributed by atoms with Crippen molar-refractivity contribution in [1.82, 2.24) is 9.88 Å². The molecule has 1 unspecified atom stereocenters. The number of nitrogens with zero attached hydrogens (tertiary/aromatic N) is 2. The topological polar surface area (TPSA) is 85.5 Å². The summed E-state index contributed by atoms with van der Waals surface area (Å²) in [6.07, 6.45) is 2.71. The van der Waals surface area contributed by atoms with Crippen molar-refractivity contribution in [1.29, 1.82) is 0 Å². The van der Waals surface area contributed by atoms with E-state index in [0.29, 0.717) is 30.4 Å². The predicted octanol–water partition coefficient (Wildman–Crippen LogP) is 1.21. The molecule has 7 heteroatoms. The van der Waals surface area contributed by atoms with Gasteiger partial charge in [0.2, 0.25) is 5.91 Å². The average molecular weight is 297 g/mol. The number of nitrogen functional groups attached to an aromatic ring is 1. The quantitative estimate of drug-likeness (QED) is 0.844. The average Bonchev–Trinajstić information content (AvgIpc) is 2.84. The number of nitrogens with two attached hydrogens (primary N) is 1. The zero-order valence-electron chi connectivity index (χ0n) is 11.5. The van der Waals surface area contributed by atoms with Crippen LogP contribution in [0.5, 0.6) is 0 Å². The van der Waals surface area contributed by atoms with Gasteiger partial charge in [0.25, 0.3) is 0 Å². The van der Waals surface area contributed by atoms with E-state index in [4.69, 9.17) is 10.5 Å². The minimum atomic E-state index is -0.452. The van der Waals surface area contributed by atoms with Crippen molar-refractivity contribution in [3.05, 3.63) is 11.1 Å². The van der Waals surface area contributed by atoms with Crippen molar-refractivity contribution in [2.24, 2.45) is 0 Å². The second-order valence-electron chi connectivity index (χ2n) is 4.70. The van der Waals surface area contributed by atoms with Crippen LogP contribution in [0, 0.1) is 0 Å². The monoisotopic (exact) mass is 297 g/mol. The minimum Gasteiger partial charge on any atom is -0.464 e. The van der Waals surface area contributed by atoms with Gasteiger partial charge in [0.05, 0.1) is 18.7 Å². The summed E-state index contributed by atoms with van der Waals surface area (Å²) in [7, 11) is 0. The molecular weight excluding hydrogens is 278 g/mol. The van der Waals surface area contributed by atoms with Gasteiger partial charge in [-0.1, -0.05) is 0 Å². The van der Waals surface area contributed by atoms with E-state index in [1.54, 1.807) is 17.2 Å². The fourth-order valence-electron chi connectivity index (χ4n) is 2.37. The largest absolute Gasteiger partial charge is 0.464 e. The zero-order chi connectivity index (χ0) is 14.5. The van der Waals surface area contributed by atoms with Gasteiger partial charge in [0.1, 0.15) is 6.04 Å². The highest BCUT2D eigenvalue weighted by molar-refractivity contribution is 7.13. The number of ether oxygens (including phenoxy) is 1. The summed E-state index contributed by atoms with van der Waals surface area (Å²) in [5.41, 5.74) is 6.21. The Labute approximate surface area is 121 Å². The molecule has 6 nitrogen and oxygen atoms in total. The second kappa shape index (κ2) is 6.69. The third-order valence-electron chi connectivity index (χ3n) is 3.28. The molecule has 0 bridgehead atoms. The van der Waals surface area contributed by atoms with Gasteiger partial charge < -0.3 is 15.4 Å². The van der Waals surface area contributed by atoms with Gasteiger partial charge in [-0.25, -0.2) is 9.78 Å². The van der Waals surface area contributed by atoms with Gasteiger partial charge in [0.15, 0.2) is 5.13 Å². The van der Waals surface area contributed by atoms with E-state index >= 15 is 0 Å². The van der Waals surface area contributed by atoms with Gasteiger partial charge in [-0.3, -0.25) is 4.79 Å². The number of carbonyl (C=O) groups excluding carboxylic acids is 2. The third-order valence-corrected chi connectivity index (χ3v) is 4.01. The van der Waals surface area contributed by atoms with Crippen LogP contribution in [0.25, 0.3) is 0 Å². The minimum absolute atomic E-state index is 0.0898. The molecular formula is C13H19N3O3S. The Kier molecular flexibility index (Phi) is 4.94. The smallest absolute Gasteiger partial charge is 0.328 e. The van der Waals surface area contributed by atoms with E-state index < -0.39 is 6.04 Å². The highest BCUT2D eigenvalue weighted by Crippen LogP contribution is 2.20. The van der Waals surface area contributed by atoms with Crippen LogP contribution in [0.2, 0.25) is 0 Å². The van der Waals surface area contributed by atoms with Gasteiger partial charge in [-0.15, -0.1) is 11.3 Å². The van der Waals surface area contributed by atoms with Gasteiger partial charge in [-0.2, -0.15) is 0 Å². The van der Waals surface area contributed by atoms with Crippen molar-refractivity contribution in [2.75, 3.05) is 18.9 Å². The number of rotatable bonds is 4. The van der Waals surface area contributed by atoms with Crippen molar-refractivity contribution in [3.8, 4) is 0 Å². The molecule has 0 radical (unpaired) electrons. The van der Waals surface area contributed by atoms with Gasteiger partial charge in [-0.05, 0) is 26.2 Å². The first-order chi connectivity index (χ1) is 9.61. The number of amides is 1. The van der Waals surface area contributed by atoms with E-state index in [-0.39, 0.29) is 18.3 Å². The molecule has 1 atom stereocenters. The van der Waals surface area contributed by atoms with Crippen LogP contribution in [-0.4, -0.2) is 41.0 Å². The second-order valence-corrected chi connectivity index (χ2v) is 5.59. The van der Waals surface area contributed by atoms with Gasteiger partial charge in [0, 0.05) is 11.9 Å². The molecule has 2 N–H and O–H groups in total. The van der Waals surface area contributed by atoms with Crippen molar-refractivity contribution in [2.45, 2.75) is 38.6 Å². The number of thiazole rings is 1. The summed E-state index contributed by atoms with van der Waals surface area (Å²) in [6.45, 7) is 2.70. The fourth-order valence-corrected chi connectivity index (χ4v) is 2.94. The maximum atomic E-state index is 12.3. The molecule has 0 aromatic carbocycles. The number of hydrogen-bond acceptors (Lipinski definition) is 6. The van der Waals surface area contributed by atoms with Crippen LogP contribution >= 0.6 is 11.3 Å². The van der Waals surface area contributed by atoms with E-state index in [1.165, 1.54) is 11.3 Å². The Hall–Kier alpha value is -1.63. The number of likely N-dealkylation sites (tertiary alicyclic amines) is 1. The molecule has 0 aliphatic carbocycles. The van der Waals surface area contributed by atoms with Crippen LogP contribution < -0.4 is 5.73 Å². The number of hydrogen-bond donors (Lipinski definition) is 1. The van der Waals surface area contributed by atoms with Gasteiger partial charge >= 0.3 is 5.97 Å². The molecule has 1 aliphatic heterocycles. The Morgan fingerprint density at radius 2 is 2.35 bits per heavy atom. The third kappa shape index (κ3) is 3.47. The molecule has 110 valence electrons. The molecule has 0 saturated carbocycles. The van der Waals surface area contributed by atoms with E-state index in [2.05, 4.69) is 4.98 Å². The number of esters is 1. The first-order valence-corrected chi connectivity index (χ1v) is 7.65. The lowest BCUT2D eigenvalue weighted by Crippen LogP contribution is -2.49. The Morgan fingerprint density at radius 3 is 3.00 bits per heavy atom. The molecule has 2 rings (SSSR count). The Balaban J connectivity index is 2.03. The van der Waals surface area contributed by atoms with Crippen molar-refractivity contribution in [3.63, 3.8) is 0 Å². The molecule has 1 fully saturated rings. The summed E-state index contributed by atoms with van der Waals surface area (Å²) < 4.78 is 5.05. The summed E-state index contributed by atoms with van der Waals surface area (Å²) in [6, 6.07) is -0.452. The molecule has 1 saturated heterocycles. The lowest BCUT2D eigenvalue weighted by Gasteiger charge is -2.33. The first kappa shape index (κ1) is 14.8. The molecule has 1 amide bonds. The molecule has 1 aromatic heterocycles. The van der Waals surface area contributed by atoms with Crippen LogP contribution in [0.4, 0.5) is 5.13 Å². The molecule has 1 aromatic rings. The Bertz CT molecular complexity index is 489. The van der Waals surface area contributed by atoms with Crippen LogP contribution in [0.1, 0.15) is 31.9 Å². The molecule has 1 aliphatic rings. The highest BCUT2D eigenvalue weighted by atomic mass is 32.1. The lowest BCUT2D eigenvalue weighted by atomic mass is 10.0. The number of carbonyl (C=O) groups is 2. The molecule has 0 spiro atoms. The standard InChI is InChI=1S/C13H19N3O3S/c1-2-19-12(18)10-5-3-4-6-16(10)11(17)7-9-8-20-13(14)15-9/h8,10H,2-7H2,1H3,(H2,14,15). The summed E-state index contributed by atoms with van der Waals surface area (Å²) in [4.78, 5) is 30.0. The summed E-state index contributed by atoms with van der Waals surface area (Å²) in [5, 5.41) is 2.23. The van der Waals surface area contributed by atoms with Crippen LogP contribution in [0.3, 0.4) is 0 Å². The molecule has 2 heterocycles. The van der Waals surface area contributed by atoms with E-state index in [1.807, 2.05) is 0 Å². The van der Waals surface area contributed by atoms with Crippen molar-refractivity contribution >= 4 is 28.3 Å². The summed E-state index contributed by atoms with van der Waals surface area (Å²) in [5.74, 6) is -0.397. The number of anilines is 1. The van der Waals surface area contributed by atoms with Crippen molar-refractivity contribution < 1.29 is 14.3 Å². The zero-order valence-corrected chi connectivity index (χ0v) is 12.3. The number of aromatic nitrogens is 1. The Morgan fingerprint density at radius 1 is 1.55 bits per heavy atom. The van der Waals surface area contributed by atoms with E-state index in [9.17, 15) is 9.59 Å². The van der Waals surface area contributed by atoms with Crippen LogP contribution in [0.15, 0.2) is 5.38 Å². The lowest BCUT2D eigenvalue weighted by molar-refractivity contribution is -0.156. The van der Waals surface area contributed by atoms with E-state index in [0.717, 1.165) is 12.8 Å². The maximum absolute atomic E-state index is 12.3. The normalized spacial score (nSPS) is 18.9. The summed E-state index contributed by atoms with van der Waals surface area (Å²) >= 11 is 1.31.